The van der Waals surface area contributed by atoms with Gasteiger partial charge in [0.25, 0.3) is 0 Å². The molecule has 0 saturated carbocycles. The summed E-state index contributed by atoms with van der Waals surface area (Å²) in [5, 5.41) is 5.55. The predicted octanol–water partition coefficient (Wildman–Crippen LogP) is 4.19. The molecule has 1 N–H and O–H groups in total. The normalized spacial score (nSPS) is 14.0. The Labute approximate surface area is 189 Å². The first-order valence-electron chi connectivity index (χ1n) is 10.7. The van der Waals surface area contributed by atoms with Gasteiger partial charge in [-0.05, 0) is 35.5 Å². The quantitative estimate of drug-likeness (QED) is 0.471. The second-order valence-electron chi connectivity index (χ2n) is 7.82. The van der Waals surface area contributed by atoms with Crippen LogP contribution in [0.15, 0.2) is 71.7 Å². The fourth-order valence-electron chi connectivity index (χ4n) is 3.83. The van der Waals surface area contributed by atoms with Gasteiger partial charge in [0, 0.05) is 57.1 Å². The van der Waals surface area contributed by atoms with E-state index in [1.54, 1.807) is 4.90 Å². The summed E-state index contributed by atoms with van der Waals surface area (Å²) in [4.78, 5) is 26.4. The zero-order chi connectivity index (χ0) is 22.9. The number of rotatable bonds is 6. The molecule has 0 spiro atoms. The molecule has 0 atom stereocenters. The van der Waals surface area contributed by atoms with Gasteiger partial charge in [0.05, 0.1) is 12.2 Å². The number of aryl methyl sites for hydroxylation is 1. The topological polar surface area (TPSA) is 66.7 Å². The lowest BCUT2D eigenvalue weighted by atomic mass is 9.98. The number of nitrogens with one attached hydrogen (secondary N) is 1. The van der Waals surface area contributed by atoms with Crippen LogP contribution in [0.1, 0.15) is 18.4 Å². The Morgan fingerprint density at radius 3 is 2.50 bits per heavy atom. The Morgan fingerprint density at radius 2 is 1.81 bits per heavy atom. The third-order valence-corrected chi connectivity index (χ3v) is 5.52. The molecule has 1 amide bonds. The molecule has 6 nitrogen and oxygen atoms in total. The highest BCUT2D eigenvalue weighted by molar-refractivity contribution is 5.97. The highest BCUT2D eigenvalue weighted by Gasteiger charge is 2.13. The first-order valence-corrected chi connectivity index (χ1v) is 10.7. The largest absolute Gasteiger partial charge is 0.392 e. The second kappa shape index (κ2) is 11.1. The molecule has 0 bridgehead atoms. The number of benzene rings is 2. The second-order valence-corrected chi connectivity index (χ2v) is 7.82. The van der Waals surface area contributed by atoms with Crippen LogP contribution in [0, 0.1) is 6.92 Å². The Morgan fingerprint density at radius 1 is 1.09 bits per heavy atom. The van der Waals surface area contributed by atoms with Gasteiger partial charge in [0.1, 0.15) is 5.78 Å². The zero-order valence-corrected chi connectivity index (χ0v) is 18.8. The molecule has 0 radical (unpaired) electrons. The first-order chi connectivity index (χ1) is 15.5. The number of hydrogen-bond donors (Lipinski definition) is 1. The van der Waals surface area contributed by atoms with Gasteiger partial charge in [0.15, 0.2) is 0 Å². The molecule has 32 heavy (non-hydrogen) atoms. The number of hydrogen-bond acceptors (Lipinski definition) is 4. The van der Waals surface area contributed by atoms with Crippen molar-refractivity contribution in [1.82, 2.24) is 14.8 Å². The fourth-order valence-corrected chi connectivity index (χ4v) is 3.83. The van der Waals surface area contributed by atoms with E-state index in [0.29, 0.717) is 32.5 Å². The standard InChI is InChI=1S/C20H21N3.C6H9NO2/c1-15-12-23(13-17(22-3)11-21-2)14-20(15)19-10-6-8-16-7-4-5-9-18(16)19;8-5-7-3-1-6(9)2-4-7/h4-12,14,21H,3,13H2,1-2H3;5H,1-4H2/b17-11-;. The average Bonchev–Trinajstić information content (AvgIpc) is 3.19. The van der Waals surface area contributed by atoms with Crippen molar-refractivity contribution in [2.45, 2.75) is 26.3 Å². The predicted molar refractivity (Wildman–Crippen MR) is 131 cm³/mol. The smallest absolute Gasteiger partial charge is 0.209 e. The Hall–Kier alpha value is -3.67. The molecule has 1 fully saturated rings. The maximum absolute atomic E-state index is 10.6. The van der Waals surface area contributed by atoms with Crippen molar-refractivity contribution in [2.24, 2.45) is 4.99 Å². The number of carbonyl (C=O) groups excluding carboxylic acids is 2. The molecule has 2 aromatic carbocycles. The minimum absolute atomic E-state index is 0.271. The SMILES string of the molecule is C=N/C(=C\NC)Cn1cc(C)c(-c2cccc3ccccc23)c1.O=CN1CCC(=O)CC1. The number of aromatic nitrogens is 1. The van der Waals surface area contributed by atoms with Crippen molar-refractivity contribution >= 4 is 29.7 Å². The molecule has 1 aliphatic rings. The molecule has 1 aliphatic heterocycles. The highest BCUT2D eigenvalue weighted by Crippen LogP contribution is 2.31. The summed E-state index contributed by atoms with van der Waals surface area (Å²) in [6.45, 7) is 7.71. The summed E-state index contributed by atoms with van der Waals surface area (Å²) in [6, 6.07) is 15.0. The number of aliphatic imine (C=N–C) groups is 1. The van der Waals surface area contributed by atoms with Crippen molar-refractivity contribution in [2.75, 3.05) is 20.1 Å². The lowest BCUT2D eigenvalue weighted by molar-refractivity contribution is -0.125. The van der Waals surface area contributed by atoms with Gasteiger partial charge < -0.3 is 14.8 Å². The third kappa shape index (κ3) is 5.72. The van der Waals surface area contributed by atoms with E-state index in [-0.39, 0.29) is 5.78 Å². The molecule has 2 heterocycles. The van der Waals surface area contributed by atoms with Crippen molar-refractivity contribution in [3.8, 4) is 11.1 Å². The lowest BCUT2D eigenvalue weighted by Crippen LogP contribution is -2.32. The van der Waals surface area contributed by atoms with E-state index >= 15 is 0 Å². The number of nitrogens with zero attached hydrogens (tertiary/aromatic N) is 3. The monoisotopic (exact) mass is 430 g/mol. The summed E-state index contributed by atoms with van der Waals surface area (Å²) in [5.74, 6) is 0.271. The number of likely N-dealkylation sites (tertiary alicyclic amines) is 1. The molecule has 1 saturated heterocycles. The van der Waals surface area contributed by atoms with Crippen LogP contribution in [0.3, 0.4) is 0 Å². The van der Waals surface area contributed by atoms with Gasteiger partial charge in [-0.15, -0.1) is 0 Å². The van der Waals surface area contributed by atoms with Gasteiger partial charge >= 0.3 is 0 Å². The Bertz CT molecular complexity index is 1110. The summed E-state index contributed by atoms with van der Waals surface area (Å²) in [7, 11) is 1.87. The summed E-state index contributed by atoms with van der Waals surface area (Å²) >= 11 is 0. The molecule has 166 valence electrons. The van der Waals surface area contributed by atoms with Crippen molar-refractivity contribution < 1.29 is 9.59 Å². The number of piperidine rings is 1. The molecular formula is C26H30N4O2. The molecule has 1 aromatic heterocycles. The van der Waals surface area contributed by atoms with E-state index < -0.39 is 0 Å². The maximum Gasteiger partial charge on any atom is 0.209 e. The minimum Gasteiger partial charge on any atom is -0.392 e. The third-order valence-electron chi connectivity index (χ3n) is 5.52. The molecular weight excluding hydrogens is 400 g/mol. The van der Waals surface area contributed by atoms with Crippen molar-refractivity contribution in [3.63, 3.8) is 0 Å². The van der Waals surface area contributed by atoms with Crippen LogP contribution >= 0.6 is 0 Å². The highest BCUT2D eigenvalue weighted by atomic mass is 16.1. The van der Waals surface area contributed by atoms with Crippen LogP contribution in [-0.2, 0) is 16.1 Å². The van der Waals surface area contributed by atoms with Gasteiger partial charge in [-0.25, -0.2) is 0 Å². The van der Waals surface area contributed by atoms with E-state index in [2.05, 4.69) is 83.4 Å². The lowest BCUT2D eigenvalue weighted by Gasteiger charge is -2.20. The van der Waals surface area contributed by atoms with Crippen molar-refractivity contribution in [1.29, 1.82) is 0 Å². The number of amides is 1. The van der Waals surface area contributed by atoms with Gasteiger partial charge in [-0.3, -0.25) is 14.6 Å². The van der Waals surface area contributed by atoms with Gasteiger partial charge in [-0.1, -0.05) is 42.5 Å². The first kappa shape index (κ1) is 23.0. The summed E-state index contributed by atoms with van der Waals surface area (Å²) < 4.78 is 2.16. The van der Waals surface area contributed by atoms with E-state index in [4.69, 9.17) is 0 Å². The van der Waals surface area contributed by atoms with E-state index in [1.807, 2.05) is 13.2 Å². The molecule has 3 aromatic rings. The van der Waals surface area contributed by atoms with Crippen LogP contribution in [0.2, 0.25) is 0 Å². The average molecular weight is 431 g/mol. The number of Topliss-reactive ketones (excluding diaryl/α,β-unsaturated/α-hetero) is 1. The Balaban J connectivity index is 0.000000269. The molecule has 0 unspecified atom stereocenters. The van der Waals surface area contributed by atoms with Gasteiger partial charge in [-0.2, -0.15) is 0 Å². The minimum atomic E-state index is 0.271. The Kier molecular flexibility index (Phi) is 7.97. The molecule has 0 aliphatic carbocycles. The van der Waals surface area contributed by atoms with Crippen LogP contribution in [-0.4, -0.2) is 48.5 Å². The zero-order valence-electron chi connectivity index (χ0n) is 18.8. The molecule has 4 rings (SSSR count). The summed E-state index contributed by atoms with van der Waals surface area (Å²) in [6.07, 6.45) is 8.10. The van der Waals surface area contributed by atoms with E-state index in [9.17, 15) is 9.59 Å². The number of ketones is 1. The van der Waals surface area contributed by atoms with Gasteiger partial charge in [0.2, 0.25) is 6.41 Å². The van der Waals surface area contributed by atoms with Crippen molar-refractivity contribution in [3.05, 3.63) is 72.3 Å². The maximum atomic E-state index is 10.6. The van der Waals surface area contributed by atoms with Crippen LogP contribution in [0.5, 0.6) is 0 Å². The van der Waals surface area contributed by atoms with E-state index in [0.717, 1.165) is 12.1 Å². The van der Waals surface area contributed by atoms with E-state index in [1.165, 1.54) is 27.5 Å². The van der Waals surface area contributed by atoms with Crippen LogP contribution < -0.4 is 5.32 Å². The number of fused-ring (bicyclic) bond motifs is 1. The number of allylic oxidation sites excluding steroid dienone is 1. The number of carbonyl (C=O) groups is 2. The van der Waals surface area contributed by atoms with Crippen LogP contribution in [0.25, 0.3) is 21.9 Å². The van der Waals surface area contributed by atoms with Crippen LogP contribution in [0.4, 0.5) is 0 Å². The fraction of sp³-hybridized carbons (Fsp3) is 0.269. The summed E-state index contributed by atoms with van der Waals surface area (Å²) in [5.41, 5.74) is 4.70. The molecule has 6 heteroatoms.